The van der Waals surface area contributed by atoms with E-state index in [1.807, 2.05) is 49.5 Å². The van der Waals surface area contributed by atoms with Gasteiger partial charge in [-0.1, -0.05) is 18.2 Å². The van der Waals surface area contributed by atoms with Crippen LogP contribution in [0.3, 0.4) is 0 Å². The van der Waals surface area contributed by atoms with Crippen LogP contribution in [0.15, 0.2) is 42.5 Å². The van der Waals surface area contributed by atoms with Gasteiger partial charge >= 0.3 is 0 Å². The number of nitrogens with zero attached hydrogens (tertiary/aromatic N) is 2. The van der Waals surface area contributed by atoms with Crippen LogP contribution >= 0.6 is 0 Å². The second-order valence-corrected chi connectivity index (χ2v) is 6.78. The van der Waals surface area contributed by atoms with Crippen molar-refractivity contribution in [3.05, 3.63) is 59.3 Å². The number of nitrogens with one attached hydrogen (secondary N) is 1. The minimum absolute atomic E-state index is 0.203. The molecule has 0 aliphatic carbocycles. The van der Waals surface area contributed by atoms with Crippen molar-refractivity contribution in [3.63, 3.8) is 0 Å². The highest BCUT2D eigenvalue weighted by Gasteiger charge is 2.27. The molecule has 4 rings (SSSR count). The van der Waals surface area contributed by atoms with E-state index in [0.29, 0.717) is 36.8 Å². The van der Waals surface area contributed by atoms with Crippen molar-refractivity contribution < 1.29 is 19.0 Å². The van der Waals surface area contributed by atoms with E-state index in [2.05, 4.69) is 10.4 Å². The Morgan fingerprint density at radius 3 is 2.76 bits per heavy atom. The molecule has 1 aliphatic rings. The topological polar surface area (TPSA) is 74.6 Å². The Labute approximate surface area is 169 Å². The molecule has 3 aromatic rings. The first-order chi connectivity index (χ1) is 14.1. The van der Waals surface area contributed by atoms with Crippen molar-refractivity contribution in [1.29, 1.82) is 0 Å². The largest absolute Gasteiger partial charge is 0.493 e. The summed E-state index contributed by atoms with van der Waals surface area (Å²) < 4.78 is 18.1. The van der Waals surface area contributed by atoms with Crippen molar-refractivity contribution in [1.82, 2.24) is 15.1 Å². The van der Waals surface area contributed by atoms with Crippen LogP contribution in [-0.4, -0.2) is 36.5 Å². The molecule has 1 aromatic heterocycles. The first kappa shape index (κ1) is 18.9. The van der Waals surface area contributed by atoms with Crippen molar-refractivity contribution in [3.8, 4) is 28.5 Å². The summed E-state index contributed by atoms with van der Waals surface area (Å²) in [5, 5.41) is 7.41. The summed E-state index contributed by atoms with van der Waals surface area (Å²) in [7, 11) is 5.06. The van der Waals surface area contributed by atoms with Gasteiger partial charge in [-0.2, -0.15) is 5.10 Å². The van der Waals surface area contributed by atoms with Gasteiger partial charge < -0.3 is 19.5 Å². The quantitative estimate of drug-likeness (QED) is 0.697. The predicted octanol–water partition coefficient (Wildman–Crippen LogP) is 2.97. The molecule has 1 aliphatic heterocycles. The zero-order valence-electron chi connectivity index (χ0n) is 16.7. The minimum Gasteiger partial charge on any atom is -0.493 e. The number of ether oxygens (including phenoxy) is 3. The zero-order valence-corrected chi connectivity index (χ0v) is 16.7. The fraction of sp³-hybridized carbons (Fsp3) is 0.273. The number of aromatic nitrogens is 2. The van der Waals surface area contributed by atoms with Gasteiger partial charge in [-0.15, -0.1) is 0 Å². The van der Waals surface area contributed by atoms with Crippen LogP contribution in [0, 0.1) is 0 Å². The van der Waals surface area contributed by atoms with Crippen LogP contribution in [0.5, 0.6) is 17.2 Å². The molecular formula is C22H23N3O4. The Balaban J connectivity index is 1.47. The molecule has 1 N–H and O–H groups in total. The summed E-state index contributed by atoms with van der Waals surface area (Å²) >= 11 is 0. The van der Waals surface area contributed by atoms with Crippen molar-refractivity contribution >= 4 is 5.91 Å². The van der Waals surface area contributed by atoms with E-state index < -0.39 is 0 Å². The number of benzene rings is 2. The monoisotopic (exact) mass is 393 g/mol. The summed E-state index contributed by atoms with van der Waals surface area (Å²) in [6.45, 7) is 0.815. The number of carbonyl (C=O) groups excluding carboxylic acids is 1. The van der Waals surface area contributed by atoms with E-state index >= 15 is 0 Å². The van der Waals surface area contributed by atoms with Crippen molar-refractivity contribution in [2.24, 2.45) is 7.05 Å². The second-order valence-electron chi connectivity index (χ2n) is 6.78. The Kier molecular flexibility index (Phi) is 5.12. The Morgan fingerprint density at radius 2 is 1.97 bits per heavy atom. The Bertz CT molecular complexity index is 1060. The summed E-state index contributed by atoms with van der Waals surface area (Å²) in [6, 6.07) is 13.5. The zero-order chi connectivity index (χ0) is 20.4. The highest BCUT2D eigenvalue weighted by Crippen LogP contribution is 2.38. The fourth-order valence-corrected chi connectivity index (χ4v) is 3.60. The molecule has 150 valence electrons. The number of methoxy groups -OCH3 is 2. The van der Waals surface area contributed by atoms with Crippen LogP contribution in [-0.2, 0) is 20.1 Å². The molecule has 7 heteroatoms. The maximum absolute atomic E-state index is 12.8. The molecule has 0 fully saturated rings. The normalized spacial score (nSPS) is 11.8. The molecule has 0 saturated heterocycles. The smallest absolute Gasteiger partial charge is 0.272 e. The minimum atomic E-state index is -0.203. The van der Waals surface area contributed by atoms with E-state index in [0.717, 1.165) is 28.1 Å². The highest BCUT2D eigenvalue weighted by atomic mass is 16.5. The summed E-state index contributed by atoms with van der Waals surface area (Å²) in [5.41, 5.74) is 4.15. The molecule has 0 spiro atoms. The van der Waals surface area contributed by atoms with E-state index in [9.17, 15) is 4.79 Å². The average Bonchev–Trinajstić information content (AvgIpc) is 3.10. The van der Waals surface area contributed by atoms with Gasteiger partial charge in [-0.3, -0.25) is 9.48 Å². The van der Waals surface area contributed by atoms with Gasteiger partial charge in [0, 0.05) is 24.7 Å². The van der Waals surface area contributed by atoms with Crippen LogP contribution in [0.25, 0.3) is 11.3 Å². The third-order valence-corrected chi connectivity index (χ3v) is 5.02. The molecule has 2 heterocycles. The molecular weight excluding hydrogens is 370 g/mol. The lowest BCUT2D eigenvalue weighted by Gasteiger charge is -2.18. The molecule has 0 radical (unpaired) electrons. The number of rotatable bonds is 6. The van der Waals surface area contributed by atoms with E-state index in [1.54, 1.807) is 18.9 Å². The van der Waals surface area contributed by atoms with Gasteiger partial charge in [0.2, 0.25) is 0 Å². The van der Waals surface area contributed by atoms with Crippen LogP contribution in [0.4, 0.5) is 0 Å². The molecule has 1 amide bonds. The average molecular weight is 393 g/mol. The van der Waals surface area contributed by atoms with Gasteiger partial charge in [-0.25, -0.2) is 0 Å². The van der Waals surface area contributed by atoms with E-state index in [-0.39, 0.29) is 5.91 Å². The van der Waals surface area contributed by atoms with E-state index in [4.69, 9.17) is 14.2 Å². The SMILES string of the molecule is COc1ccc(CCNC(=O)c2nn(C)c3c2COc2ccccc2-3)cc1OC. The summed E-state index contributed by atoms with van der Waals surface area (Å²) in [4.78, 5) is 12.8. The van der Waals surface area contributed by atoms with E-state index in [1.165, 1.54) is 0 Å². The lowest BCUT2D eigenvalue weighted by Crippen LogP contribution is -2.27. The van der Waals surface area contributed by atoms with Crippen LogP contribution < -0.4 is 19.5 Å². The van der Waals surface area contributed by atoms with Gasteiger partial charge in [0.15, 0.2) is 17.2 Å². The highest BCUT2D eigenvalue weighted by molar-refractivity contribution is 5.96. The molecule has 0 saturated carbocycles. The number of carbonyl (C=O) groups is 1. The molecule has 7 nitrogen and oxygen atoms in total. The second kappa shape index (κ2) is 7.87. The number of hydrogen-bond donors (Lipinski definition) is 1. The van der Waals surface area contributed by atoms with Crippen LogP contribution in [0.2, 0.25) is 0 Å². The first-order valence-electron chi connectivity index (χ1n) is 9.39. The molecule has 0 unspecified atom stereocenters. The summed E-state index contributed by atoms with van der Waals surface area (Å²) in [5.74, 6) is 1.96. The summed E-state index contributed by atoms with van der Waals surface area (Å²) in [6.07, 6.45) is 0.667. The van der Waals surface area contributed by atoms with Crippen molar-refractivity contribution in [2.75, 3.05) is 20.8 Å². The number of fused-ring (bicyclic) bond motifs is 3. The Morgan fingerprint density at radius 1 is 1.17 bits per heavy atom. The number of hydrogen-bond acceptors (Lipinski definition) is 5. The van der Waals surface area contributed by atoms with Crippen molar-refractivity contribution in [2.45, 2.75) is 13.0 Å². The molecule has 2 aromatic carbocycles. The maximum Gasteiger partial charge on any atom is 0.272 e. The van der Waals surface area contributed by atoms with Gasteiger partial charge in [0.05, 0.1) is 19.9 Å². The standard InChI is InChI=1S/C22H23N3O4/c1-25-21-15-6-4-5-7-17(15)29-13-16(21)20(24-25)22(26)23-11-10-14-8-9-18(27-2)19(12-14)28-3/h4-9,12H,10-11,13H2,1-3H3,(H,23,26). The van der Waals surface area contributed by atoms with Gasteiger partial charge in [0.25, 0.3) is 5.91 Å². The van der Waals surface area contributed by atoms with Gasteiger partial charge in [0.1, 0.15) is 12.4 Å². The Hall–Kier alpha value is -3.48. The molecule has 0 bridgehead atoms. The third kappa shape index (κ3) is 3.51. The lowest BCUT2D eigenvalue weighted by molar-refractivity contribution is 0.0946. The number of amides is 1. The van der Waals surface area contributed by atoms with Crippen LogP contribution in [0.1, 0.15) is 21.6 Å². The lowest BCUT2D eigenvalue weighted by atomic mass is 10.0. The van der Waals surface area contributed by atoms with Gasteiger partial charge in [-0.05, 0) is 36.2 Å². The molecule has 0 atom stereocenters. The maximum atomic E-state index is 12.8. The third-order valence-electron chi connectivity index (χ3n) is 5.02. The predicted molar refractivity (Wildman–Crippen MR) is 109 cm³/mol. The molecule has 29 heavy (non-hydrogen) atoms. The number of aryl methyl sites for hydroxylation is 1. The number of para-hydroxylation sites is 1. The first-order valence-corrected chi connectivity index (χ1v) is 9.39. The fourth-order valence-electron chi connectivity index (χ4n) is 3.60.